The third-order valence-electron chi connectivity index (χ3n) is 7.29. The van der Waals surface area contributed by atoms with Gasteiger partial charge in [0.05, 0.1) is 24.3 Å². The summed E-state index contributed by atoms with van der Waals surface area (Å²) in [6.07, 6.45) is 4.71. The Kier molecular flexibility index (Phi) is 5.77. The smallest absolute Gasteiger partial charge is 0.305 e. The maximum absolute atomic E-state index is 13.6. The molecule has 1 saturated heterocycles. The molecule has 2 aromatic carbocycles. The van der Waals surface area contributed by atoms with Gasteiger partial charge in [-0.05, 0) is 29.4 Å². The number of hydrogen-bond donors (Lipinski definition) is 2. The van der Waals surface area contributed by atoms with E-state index in [9.17, 15) is 24.3 Å². The minimum atomic E-state index is -1.06. The molecule has 0 spiro atoms. The molecule has 2 bridgehead atoms. The highest BCUT2D eigenvalue weighted by Crippen LogP contribution is 2.53. The van der Waals surface area contributed by atoms with Gasteiger partial charge in [0, 0.05) is 6.42 Å². The lowest BCUT2D eigenvalue weighted by atomic mass is 9.85. The number of carboxylic acids is 1. The highest BCUT2D eigenvalue weighted by molar-refractivity contribution is 6.09. The molecule has 7 nitrogen and oxygen atoms in total. The van der Waals surface area contributed by atoms with Crippen molar-refractivity contribution in [3.8, 4) is 0 Å². The second-order valence-electron chi connectivity index (χ2n) is 9.32. The molecule has 0 radical (unpaired) electrons. The first kappa shape index (κ1) is 22.1. The van der Waals surface area contributed by atoms with Gasteiger partial charge in [-0.3, -0.25) is 24.1 Å². The monoisotopic (exact) mass is 458 g/mol. The van der Waals surface area contributed by atoms with Crippen molar-refractivity contribution in [2.24, 2.45) is 23.7 Å². The Morgan fingerprint density at radius 2 is 1.47 bits per heavy atom. The molecule has 2 aromatic rings. The van der Waals surface area contributed by atoms with Gasteiger partial charge in [0.1, 0.15) is 6.04 Å². The van der Waals surface area contributed by atoms with Crippen LogP contribution in [-0.2, 0) is 25.6 Å². The third kappa shape index (κ3) is 3.91. The first-order valence-electron chi connectivity index (χ1n) is 11.6. The number of carbonyl (C=O) groups is 4. The van der Waals surface area contributed by atoms with Crippen LogP contribution in [0.1, 0.15) is 30.0 Å². The molecule has 7 heteroatoms. The van der Waals surface area contributed by atoms with Crippen LogP contribution < -0.4 is 5.32 Å². The maximum atomic E-state index is 13.6. The fourth-order valence-electron chi connectivity index (χ4n) is 5.75. The summed E-state index contributed by atoms with van der Waals surface area (Å²) in [5.74, 6) is -2.90. The maximum Gasteiger partial charge on any atom is 0.305 e. The van der Waals surface area contributed by atoms with Crippen LogP contribution >= 0.6 is 0 Å². The number of benzene rings is 2. The minimum absolute atomic E-state index is 0.0426. The van der Waals surface area contributed by atoms with Crippen molar-refractivity contribution in [1.29, 1.82) is 0 Å². The van der Waals surface area contributed by atoms with Crippen molar-refractivity contribution < 1.29 is 24.3 Å². The Morgan fingerprint density at radius 3 is 2.03 bits per heavy atom. The summed E-state index contributed by atoms with van der Waals surface area (Å²) in [5.41, 5.74) is 1.46. The number of rotatable bonds is 8. The zero-order chi connectivity index (χ0) is 23.8. The number of carboxylic acid groups (broad SMARTS) is 1. The Bertz CT molecular complexity index is 1120. The van der Waals surface area contributed by atoms with E-state index < -0.39 is 35.8 Å². The van der Waals surface area contributed by atoms with E-state index in [1.807, 2.05) is 48.6 Å². The van der Waals surface area contributed by atoms with E-state index in [0.29, 0.717) is 5.56 Å². The average molecular weight is 459 g/mol. The molecule has 1 saturated carbocycles. The zero-order valence-electron chi connectivity index (χ0n) is 18.5. The van der Waals surface area contributed by atoms with Crippen molar-refractivity contribution in [2.45, 2.75) is 31.3 Å². The van der Waals surface area contributed by atoms with Crippen molar-refractivity contribution in [3.05, 3.63) is 83.9 Å². The molecule has 2 fully saturated rings. The fourth-order valence-corrected chi connectivity index (χ4v) is 5.75. The second-order valence-corrected chi connectivity index (χ2v) is 9.32. The number of hydrogen-bond acceptors (Lipinski definition) is 4. The van der Waals surface area contributed by atoms with Crippen molar-refractivity contribution in [1.82, 2.24) is 10.2 Å². The molecule has 1 heterocycles. The highest BCUT2D eigenvalue weighted by atomic mass is 16.4. The van der Waals surface area contributed by atoms with Crippen LogP contribution in [0.3, 0.4) is 0 Å². The van der Waals surface area contributed by atoms with Crippen LogP contribution in [0.25, 0.3) is 0 Å². The molecule has 1 aliphatic heterocycles. The predicted molar refractivity (Wildman–Crippen MR) is 123 cm³/mol. The zero-order valence-corrected chi connectivity index (χ0v) is 18.5. The summed E-state index contributed by atoms with van der Waals surface area (Å²) >= 11 is 0. The lowest BCUT2D eigenvalue weighted by Gasteiger charge is -2.29. The van der Waals surface area contributed by atoms with E-state index in [1.165, 1.54) is 0 Å². The molecule has 34 heavy (non-hydrogen) atoms. The molecular formula is C27H26N2O5. The second kappa shape index (κ2) is 8.89. The fraction of sp³-hybridized carbons (Fsp3) is 0.333. The lowest BCUT2D eigenvalue weighted by molar-refractivity contribution is -0.149. The van der Waals surface area contributed by atoms with Crippen molar-refractivity contribution in [3.63, 3.8) is 0 Å². The first-order chi connectivity index (χ1) is 16.4. The summed E-state index contributed by atoms with van der Waals surface area (Å²) in [5, 5.41) is 12.3. The number of nitrogens with one attached hydrogen (secondary N) is 1. The molecule has 2 aliphatic carbocycles. The number of allylic oxidation sites excluding steroid dienone is 2. The van der Waals surface area contributed by atoms with Crippen LogP contribution in [0.4, 0.5) is 0 Å². The molecule has 2 N–H and O–H groups in total. The molecule has 0 aromatic heterocycles. The van der Waals surface area contributed by atoms with Crippen LogP contribution in [0.5, 0.6) is 0 Å². The van der Waals surface area contributed by atoms with Gasteiger partial charge in [-0.2, -0.15) is 0 Å². The van der Waals surface area contributed by atoms with Gasteiger partial charge >= 0.3 is 5.97 Å². The Hall–Kier alpha value is -3.74. The van der Waals surface area contributed by atoms with Gasteiger partial charge in [0.15, 0.2) is 0 Å². The highest BCUT2D eigenvalue weighted by Gasteiger charge is 2.61. The van der Waals surface area contributed by atoms with Crippen LogP contribution in [0.15, 0.2) is 72.8 Å². The molecule has 6 atom stereocenters. The Balaban J connectivity index is 1.45. The SMILES string of the molecule is O=C(O)CC(NC(=O)C(Cc1ccccc1)N1C(=O)C2C3C=CC(C3)C2C1=O)c1ccccc1. The number of aliphatic carboxylic acids is 1. The number of carbonyl (C=O) groups excluding carboxylic acids is 3. The summed E-state index contributed by atoms with van der Waals surface area (Å²) < 4.78 is 0. The molecular weight excluding hydrogens is 432 g/mol. The topological polar surface area (TPSA) is 104 Å². The van der Waals surface area contributed by atoms with E-state index >= 15 is 0 Å². The van der Waals surface area contributed by atoms with Gasteiger partial charge in [0.25, 0.3) is 0 Å². The quantitative estimate of drug-likeness (QED) is 0.468. The number of fused-ring (bicyclic) bond motifs is 5. The van der Waals surface area contributed by atoms with Gasteiger partial charge in [-0.15, -0.1) is 0 Å². The summed E-state index contributed by atoms with van der Waals surface area (Å²) in [6.45, 7) is 0. The van der Waals surface area contributed by atoms with Gasteiger partial charge in [-0.25, -0.2) is 0 Å². The lowest BCUT2D eigenvalue weighted by Crippen LogP contribution is -2.52. The average Bonchev–Trinajstić information content (AvgIpc) is 3.52. The molecule has 3 aliphatic rings. The predicted octanol–water partition coefficient (Wildman–Crippen LogP) is 2.74. The Labute approximate surface area is 197 Å². The number of likely N-dealkylation sites (tertiary alicyclic amines) is 1. The molecule has 3 amide bonds. The standard InChI is InChI=1S/C27H26N2O5/c30-22(31)15-20(17-9-5-2-6-10-17)28-25(32)21(13-16-7-3-1-4-8-16)29-26(33)23-18-11-12-19(14-18)24(23)27(29)34/h1-12,18-21,23-24H,13-15H2,(H,28,32)(H,30,31). The van der Waals surface area contributed by atoms with E-state index in [2.05, 4.69) is 5.32 Å². The largest absolute Gasteiger partial charge is 0.481 e. The normalized spacial score (nSPS) is 26.4. The van der Waals surface area contributed by atoms with E-state index in [1.54, 1.807) is 24.3 Å². The van der Waals surface area contributed by atoms with Gasteiger partial charge < -0.3 is 10.4 Å². The van der Waals surface area contributed by atoms with E-state index in [-0.39, 0.29) is 36.5 Å². The Morgan fingerprint density at radius 1 is 0.912 bits per heavy atom. The number of nitrogens with zero attached hydrogens (tertiary/aromatic N) is 1. The third-order valence-corrected chi connectivity index (χ3v) is 7.29. The summed E-state index contributed by atoms with van der Waals surface area (Å²) in [7, 11) is 0. The minimum Gasteiger partial charge on any atom is -0.481 e. The summed E-state index contributed by atoms with van der Waals surface area (Å²) in [4.78, 5) is 53.2. The van der Waals surface area contributed by atoms with Crippen LogP contribution in [0, 0.1) is 23.7 Å². The van der Waals surface area contributed by atoms with Gasteiger partial charge in [-0.1, -0.05) is 72.8 Å². The molecule has 6 unspecified atom stereocenters. The van der Waals surface area contributed by atoms with E-state index in [0.717, 1.165) is 16.9 Å². The number of imide groups is 1. The molecule has 174 valence electrons. The van der Waals surface area contributed by atoms with Crippen molar-refractivity contribution >= 4 is 23.7 Å². The van der Waals surface area contributed by atoms with E-state index in [4.69, 9.17) is 0 Å². The summed E-state index contributed by atoms with van der Waals surface area (Å²) in [6, 6.07) is 16.3. The van der Waals surface area contributed by atoms with Crippen LogP contribution in [0.2, 0.25) is 0 Å². The number of amides is 3. The molecule has 5 rings (SSSR count). The van der Waals surface area contributed by atoms with Crippen LogP contribution in [-0.4, -0.2) is 39.7 Å². The van der Waals surface area contributed by atoms with Crippen molar-refractivity contribution in [2.75, 3.05) is 0 Å². The first-order valence-corrected chi connectivity index (χ1v) is 11.6. The van der Waals surface area contributed by atoms with Gasteiger partial charge in [0.2, 0.25) is 17.7 Å².